The molecule has 4 nitrogen and oxygen atoms in total. The largest absolute Gasteiger partial charge is 0.341 e. The Morgan fingerprint density at radius 2 is 2.00 bits per heavy atom. The second kappa shape index (κ2) is 6.13. The van der Waals surface area contributed by atoms with Gasteiger partial charge in [-0.2, -0.15) is 0 Å². The van der Waals surface area contributed by atoms with E-state index in [1.807, 2.05) is 13.8 Å². The molecule has 0 saturated carbocycles. The van der Waals surface area contributed by atoms with Crippen LogP contribution in [0.15, 0.2) is 0 Å². The van der Waals surface area contributed by atoms with Crippen LogP contribution in [-0.4, -0.2) is 44.9 Å². The van der Waals surface area contributed by atoms with Gasteiger partial charge in [0.2, 0.25) is 5.91 Å². The first-order valence-corrected chi connectivity index (χ1v) is 7.09. The zero-order chi connectivity index (χ0) is 12.1. The number of amides is 1. The maximum absolute atomic E-state index is 11.8. The lowest BCUT2D eigenvalue weighted by Gasteiger charge is -2.26. The van der Waals surface area contributed by atoms with Crippen molar-refractivity contribution in [1.82, 2.24) is 4.90 Å². The molecule has 0 aromatic rings. The molecule has 0 radical (unpaired) electrons. The van der Waals surface area contributed by atoms with Crippen LogP contribution in [0.4, 0.5) is 0 Å². The molecule has 0 N–H and O–H groups in total. The molecule has 0 bridgehead atoms. The first kappa shape index (κ1) is 13.4. The summed E-state index contributed by atoms with van der Waals surface area (Å²) in [5.41, 5.74) is 0. The van der Waals surface area contributed by atoms with E-state index >= 15 is 0 Å². The third-order valence-corrected chi connectivity index (χ3v) is 4.73. The van der Waals surface area contributed by atoms with Crippen molar-refractivity contribution in [3.63, 3.8) is 0 Å². The Balaban J connectivity index is 2.40. The normalized spacial score (nSPS) is 20.6. The van der Waals surface area contributed by atoms with E-state index in [-0.39, 0.29) is 22.7 Å². The lowest BCUT2D eigenvalue weighted by Crippen LogP contribution is -2.41. The van der Waals surface area contributed by atoms with Crippen molar-refractivity contribution in [2.24, 2.45) is 0 Å². The number of Topliss-reactive ketones (excluding diaryl/α,β-unsaturated/α-hetero) is 1. The van der Waals surface area contributed by atoms with Gasteiger partial charge in [0.25, 0.3) is 0 Å². The number of piperidine rings is 1. The molecule has 1 rings (SSSR count). The first-order chi connectivity index (χ1) is 7.54. The molecule has 0 aliphatic carbocycles. The highest BCUT2D eigenvalue weighted by molar-refractivity contribution is 7.86. The number of rotatable bonds is 4. The van der Waals surface area contributed by atoms with E-state index in [9.17, 15) is 13.8 Å². The standard InChI is InChI=1S/C11H19NO3S/c1-3-9(2)16(15)8-11(14)12-6-4-10(13)5-7-12/h9H,3-8H2,1-2H3. The average Bonchev–Trinajstić information content (AvgIpc) is 2.28. The molecule has 1 aliphatic rings. The molecular weight excluding hydrogens is 226 g/mol. The SMILES string of the molecule is CCC(C)S(=O)CC(=O)N1CCC(=O)CC1. The van der Waals surface area contributed by atoms with Gasteiger partial charge in [0.1, 0.15) is 11.5 Å². The van der Waals surface area contributed by atoms with Gasteiger partial charge in [0.15, 0.2) is 0 Å². The second-order valence-corrected chi connectivity index (χ2v) is 6.02. The Morgan fingerprint density at radius 1 is 1.44 bits per heavy atom. The van der Waals surface area contributed by atoms with E-state index in [4.69, 9.17) is 0 Å². The minimum Gasteiger partial charge on any atom is -0.341 e. The van der Waals surface area contributed by atoms with Crippen LogP contribution in [0.2, 0.25) is 0 Å². The Morgan fingerprint density at radius 3 is 2.50 bits per heavy atom. The summed E-state index contributed by atoms with van der Waals surface area (Å²) in [6.45, 7) is 4.85. The number of likely N-dealkylation sites (tertiary alicyclic amines) is 1. The van der Waals surface area contributed by atoms with Crippen LogP contribution in [-0.2, 0) is 20.4 Å². The van der Waals surface area contributed by atoms with Crippen molar-refractivity contribution < 1.29 is 13.8 Å². The number of nitrogens with zero attached hydrogens (tertiary/aromatic N) is 1. The monoisotopic (exact) mass is 245 g/mol. The molecule has 5 heteroatoms. The molecule has 92 valence electrons. The van der Waals surface area contributed by atoms with Crippen LogP contribution >= 0.6 is 0 Å². The lowest BCUT2D eigenvalue weighted by atomic mass is 10.1. The molecule has 1 fully saturated rings. The number of ketones is 1. The van der Waals surface area contributed by atoms with Gasteiger partial charge in [-0.3, -0.25) is 13.8 Å². The van der Waals surface area contributed by atoms with Crippen LogP contribution in [0.1, 0.15) is 33.1 Å². The summed E-state index contributed by atoms with van der Waals surface area (Å²) in [7, 11) is -1.08. The molecule has 1 heterocycles. The average molecular weight is 245 g/mol. The van der Waals surface area contributed by atoms with E-state index in [2.05, 4.69) is 0 Å². The molecule has 1 aliphatic heterocycles. The minimum absolute atomic E-state index is 0.0652. The van der Waals surface area contributed by atoms with Crippen molar-refractivity contribution in [2.45, 2.75) is 38.4 Å². The van der Waals surface area contributed by atoms with Crippen molar-refractivity contribution in [2.75, 3.05) is 18.8 Å². The van der Waals surface area contributed by atoms with Gasteiger partial charge in [-0.05, 0) is 6.42 Å². The van der Waals surface area contributed by atoms with Gasteiger partial charge < -0.3 is 4.90 Å². The maximum atomic E-state index is 11.8. The predicted octanol–water partition coefficient (Wildman–Crippen LogP) is 0.725. The highest BCUT2D eigenvalue weighted by Gasteiger charge is 2.23. The fraction of sp³-hybridized carbons (Fsp3) is 0.818. The summed E-state index contributed by atoms with van der Waals surface area (Å²) in [6, 6.07) is 0. The number of carbonyl (C=O) groups is 2. The van der Waals surface area contributed by atoms with Crippen molar-refractivity contribution in [3.05, 3.63) is 0 Å². The number of hydrogen-bond donors (Lipinski definition) is 0. The minimum atomic E-state index is -1.08. The molecule has 1 saturated heterocycles. The van der Waals surface area contributed by atoms with Gasteiger partial charge in [0, 0.05) is 42.0 Å². The third-order valence-electron chi connectivity index (χ3n) is 2.96. The van der Waals surface area contributed by atoms with Crippen LogP contribution in [0, 0.1) is 0 Å². The van der Waals surface area contributed by atoms with E-state index in [1.165, 1.54) is 0 Å². The van der Waals surface area contributed by atoms with Crippen molar-refractivity contribution >= 4 is 22.5 Å². The van der Waals surface area contributed by atoms with Gasteiger partial charge in [-0.15, -0.1) is 0 Å². The summed E-state index contributed by atoms with van der Waals surface area (Å²) < 4.78 is 11.7. The fourth-order valence-electron chi connectivity index (χ4n) is 1.55. The van der Waals surface area contributed by atoms with Crippen molar-refractivity contribution in [1.29, 1.82) is 0 Å². The Labute approximate surface area is 98.8 Å². The molecule has 0 aromatic carbocycles. The van der Waals surface area contributed by atoms with E-state index in [0.29, 0.717) is 25.9 Å². The summed E-state index contributed by atoms with van der Waals surface area (Å²) in [5, 5.41) is 0.0652. The van der Waals surface area contributed by atoms with Crippen LogP contribution in [0.5, 0.6) is 0 Å². The highest BCUT2D eigenvalue weighted by atomic mass is 32.2. The number of carbonyl (C=O) groups excluding carboxylic acids is 2. The molecule has 0 spiro atoms. The zero-order valence-corrected chi connectivity index (χ0v) is 10.7. The van der Waals surface area contributed by atoms with E-state index in [0.717, 1.165) is 6.42 Å². The number of hydrogen-bond acceptors (Lipinski definition) is 3. The molecule has 2 atom stereocenters. The molecule has 0 aromatic heterocycles. The topological polar surface area (TPSA) is 54.5 Å². The zero-order valence-electron chi connectivity index (χ0n) is 9.90. The highest BCUT2D eigenvalue weighted by Crippen LogP contribution is 2.08. The summed E-state index contributed by atoms with van der Waals surface area (Å²) >= 11 is 0. The van der Waals surface area contributed by atoms with Crippen LogP contribution < -0.4 is 0 Å². The quantitative estimate of drug-likeness (QED) is 0.733. The smallest absolute Gasteiger partial charge is 0.235 e. The molecular formula is C11H19NO3S. The fourth-order valence-corrected chi connectivity index (χ4v) is 2.63. The summed E-state index contributed by atoms with van der Waals surface area (Å²) in [6.07, 6.45) is 1.71. The van der Waals surface area contributed by atoms with Gasteiger partial charge in [-0.25, -0.2) is 0 Å². The molecule has 1 amide bonds. The third kappa shape index (κ3) is 3.70. The van der Waals surface area contributed by atoms with Crippen molar-refractivity contribution in [3.8, 4) is 0 Å². The Kier molecular flexibility index (Phi) is 5.12. The lowest BCUT2D eigenvalue weighted by molar-refractivity contribution is -0.132. The van der Waals surface area contributed by atoms with Crippen LogP contribution in [0.3, 0.4) is 0 Å². The summed E-state index contributed by atoms with van der Waals surface area (Å²) in [5.74, 6) is 0.238. The van der Waals surface area contributed by atoms with Gasteiger partial charge in [0.05, 0.1) is 0 Å². The predicted molar refractivity (Wildman–Crippen MR) is 63.6 cm³/mol. The van der Waals surface area contributed by atoms with E-state index in [1.54, 1.807) is 4.90 Å². The van der Waals surface area contributed by atoms with Crippen LogP contribution in [0.25, 0.3) is 0 Å². The Hall–Kier alpha value is -0.710. The first-order valence-electron chi connectivity index (χ1n) is 5.71. The Bertz CT molecular complexity index is 294. The second-order valence-electron chi connectivity index (χ2n) is 4.16. The van der Waals surface area contributed by atoms with Gasteiger partial charge >= 0.3 is 0 Å². The summed E-state index contributed by atoms with van der Waals surface area (Å²) in [4.78, 5) is 24.4. The van der Waals surface area contributed by atoms with Gasteiger partial charge in [-0.1, -0.05) is 13.8 Å². The molecule has 16 heavy (non-hydrogen) atoms. The maximum Gasteiger partial charge on any atom is 0.235 e. The molecule has 2 unspecified atom stereocenters. The van der Waals surface area contributed by atoms with E-state index < -0.39 is 10.8 Å².